The number of nitrogen functional groups attached to an aromatic ring is 1. The van der Waals surface area contributed by atoms with Crippen molar-refractivity contribution in [1.29, 1.82) is 0 Å². The number of rotatable bonds is 2. The van der Waals surface area contributed by atoms with Crippen molar-refractivity contribution >= 4 is 5.82 Å². The molecule has 0 spiro atoms. The molecule has 1 aromatic rings. The molecule has 1 aliphatic rings. The molecule has 1 saturated heterocycles. The molecule has 15 heavy (non-hydrogen) atoms. The van der Waals surface area contributed by atoms with Gasteiger partial charge in [-0.05, 0) is 45.2 Å². The molecule has 1 aromatic heterocycles. The average Bonchev–Trinajstić information content (AvgIpc) is 2.17. The van der Waals surface area contributed by atoms with Crippen molar-refractivity contribution in [3.8, 4) is 0 Å². The average molecular weight is 206 g/mol. The van der Waals surface area contributed by atoms with E-state index in [2.05, 4.69) is 15.3 Å². The third-order valence-corrected chi connectivity index (χ3v) is 2.87. The Balaban J connectivity index is 2.02. The van der Waals surface area contributed by atoms with Crippen LogP contribution in [0.1, 0.15) is 24.4 Å². The van der Waals surface area contributed by atoms with E-state index in [-0.39, 0.29) is 0 Å². The topological polar surface area (TPSA) is 63.8 Å². The molecule has 0 bridgehead atoms. The van der Waals surface area contributed by atoms with E-state index in [1.54, 1.807) is 0 Å². The summed E-state index contributed by atoms with van der Waals surface area (Å²) in [6.45, 7) is 4.15. The Morgan fingerprint density at radius 3 is 2.80 bits per heavy atom. The molecule has 1 fully saturated rings. The van der Waals surface area contributed by atoms with Crippen LogP contribution in [0.15, 0.2) is 6.07 Å². The van der Waals surface area contributed by atoms with Gasteiger partial charge in [0.15, 0.2) is 0 Å². The summed E-state index contributed by atoms with van der Waals surface area (Å²) in [6.07, 6.45) is 3.52. The van der Waals surface area contributed by atoms with E-state index in [1.807, 2.05) is 13.0 Å². The molecular formula is C11H18N4. The highest BCUT2D eigenvalue weighted by Crippen LogP contribution is 2.17. The molecule has 3 N–H and O–H groups in total. The number of hydrogen-bond donors (Lipinski definition) is 2. The van der Waals surface area contributed by atoms with Gasteiger partial charge in [0, 0.05) is 11.8 Å². The van der Waals surface area contributed by atoms with Gasteiger partial charge in [0.2, 0.25) is 0 Å². The number of anilines is 1. The van der Waals surface area contributed by atoms with Gasteiger partial charge in [-0.3, -0.25) is 0 Å². The Kier molecular flexibility index (Phi) is 3.16. The van der Waals surface area contributed by atoms with Crippen molar-refractivity contribution in [2.45, 2.75) is 26.2 Å². The maximum Gasteiger partial charge on any atom is 0.127 e. The van der Waals surface area contributed by atoms with E-state index >= 15 is 0 Å². The lowest BCUT2D eigenvalue weighted by Gasteiger charge is -2.22. The van der Waals surface area contributed by atoms with E-state index in [9.17, 15) is 0 Å². The summed E-state index contributed by atoms with van der Waals surface area (Å²) in [4.78, 5) is 8.50. The summed E-state index contributed by atoms with van der Waals surface area (Å²) in [5.41, 5.74) is 6.79. The molecule has 82 valence electrons. The first-order chi connectivity index (χ1) is 7.24. The van der Waals surface area contributed by atoms with Crippen LogP contribution in [0.4, 0.5) is 5.82 Å². The molecule has 0 radical (unpaired) electrons. The number of aromatic nitrogens is 2. The van der Waals surface area contributed by atoms with E-state index in [1.165, 1.54) is 12.8 Å². The monoisotopic (exact) mass is 206 g/mol. The Morgan fingerprint density at radius 2 is 2.13 bits per heavy atom. The smallest absolute Gasteiger partial charge is 0.127 e. The van der Waals surface area contributed by atoms with Crippen LogP contribution in [0.2, 0.25) is 0 Å². The molecule has 0 saturated carbocycles. The van der Waals surface area contributed by atoms with Gasteiger partial charge in [-0.2, -0.15) is 0 Å². The van der Waals surface area contributed by atoms with Gasteiger partial charge >= 0.3 is 0 Å². The molecule has 4 heteroatoms. The Labute approximate surface area is 90.3 Å². The molecular weight excluding hydrogens is 188 g/mol. The first kappa shape index (κ1) is 10.4. The zero-order chi connectivity index (χ0) is 10.7. The molecule has 0 aliphatic carbocycles. The van der Waals surface area contributed by atoms with Crippen LogP contribution in [0.3, 0.4) is 0 Å². The highest BCUT2D eigenvalue weighted by atomic mass is 14.9. The van der Waals surface area contributed by atoms with E-state index < -0.39 is 0 Å². The summed E-state index contributed by atoms with van der Waals surface area (Å²) < 4.78 is 0. The number of piperidine rings is 1. The zero-order valence-electron chi connectivity index (χ0n) is 9.16. The quantitative estimate of drug-likeness (QED) is 0.755. The first-order valence-electron chi connectivity index (χ1n) is 5.55. The van der Waals surface area contributed by atoms with Crippen molar-refractivity contribution in [3.05, 3.63) is 17.6 Å². The van der Waals surface area contributed by atoms with Gasteiger partial charge in [-0.25, -0.2) is 9.97 Å². The van der Waals surface area contributed by atoms with E-state index in [0.717, 1.165) is 36.9 Å². The highest BCUT2D eigenvalue weighted by Gasteiger charge is 2.14. The van der Waals surface area contributed by atoms with Gasteiger partial charge in [-0.1, -0.05) is 0 Å². The molecule has 0 aromatic carbocycles. The third-order valence-electron chi connectivity index (χ3n) is 2.87. The van der Waals surface area contributed by atoms with Crippen LogP contribution in [0.5, 0.6) is 0 Å². The van der Waals surface area contributed by atoms with E-state index in [0.29, 0.717) is 5.82 Å². The molecule has 0 atom stereocenters. The SMILES string of the molecule is Cc1nc(N)cc(CC2CCNCC2)n1. The maximum atomic E-state index is 5.70. The summed E-state index contributed by atoms with van der Waals surface area (Å²) >= 11 is 0. The van der Waals surface area contributed by atoms with Gasteiger partial charge in [0.05, 0.1) is 0 Å². The molecule has 2 rings (SSSR count). The summed E-state index contributed by atoms with van der Waals surface area (Å²) in [5, 5.41) is 3.37. The van der Waals surface area contributed by atoms with Crippen molar-refractivity contribution < 1.29 is 0 Å². The minimum Gasteiger partial charge on any atom is -0.384 e. The summed E-state index contributed by atoms with van der Waals surface area (Å²) in [6, 6.07) is 1.90. The van der Waals surface area contributed by atoms with Crippen LogP contribution < -0.4 is 11.1 Å². The predicted octanol–water partition coefficient (Wildman–Crippen LogP) is 0.909. The van der Waals surface area contributed by atoms with Crippen molar-refractivity contribution in [2.75, 3.05) is 18.8 Å². The van der Waals surface area contributed by atoms with Gasteiger partial charge in [0.25, 0.3) is 0 Å². The van der Waals surface area contributed by atoms with Gasteiger partial charge in [0.1, 0.15) is 11.6 Å². The first-order valence-corrected chi connectivity index (χ1v) is 5.55. The van der Waals surface area contributed by atoms with Crippen LogP contribution >= 0.6 is 0 Å². The van der Waals surface area contributed by atoms with Crippen LogP contribution in [-0.2, 0) is 6.42 Å². The van der Waals surface area contributed by atoms with Crippen LogP contribution in [0, 0.1) is 12.8 Å². The number of hydrogen-bond acceptors (Lipinski definition) is 4. The third kappa shape index (κ3) is 2.89. The number of nitrogens with zero attached hydrogens (tertiary/aromatic N) is 2. The number of nitrogens with two attached hydrogens (primary N) is 1. The molecule has 0 unspecified atom stereocenters. The number of aryl methyl sites for hydroxylation is 1. The molecule has 2 heterocycles. The normalized spacial score (nSPS) is 17.9. The Morgan fingerprint density at radius 1 is 1.40 bits per heavy atom. The minimum atomic E-state index is 0.589. The zero-order valence-corrected chi connectivity index (χ0v) is 9.16. The van der Waals surface area contributed by atoms with Gasteiger partial charge < -0.3 is 11.1 Å². The fourth-order valence-electron chi connectivity index (χ4n) is 2.14. The fourth-order valence-corrected chi connectivity index (χ4v) is 2.14. The Bertz CT molecular complexity index is 311. The van der Waals surface area contributed by atoms with Crippen molar-refractivity contribution in [3.63, 3.8) is 0 Å². The fraction of sp³-hybridized carbons (Fsp3) is 0.636. The molecule has 1 aliphatic heterocycles. The van der Waals surface area contributed by atoms with Crippen LogP contribution in [0.25, 0.3) is 0 Å². The predicted molar refractivity (Wildman–Crippen MR) is 60.5 cm³/mol. The largest absolute Gasteiger partial charge is 0.384 e. The van der Waals surface area contributed by atoms with E-state index in [4.69, 9.17) is 5.73 Å². The van der Waals surface area contributed by atoms with Crippen LogP contribution in [-0.4, -0.2) is 23.1 Å². The lowest BCUT2D eigenvalue weighted by molar-refractivity contribution is 0.370. The molecule has 4 nitrogen and oxygen atoms in total. The number of nitrogens with one attached hydrogen (secondary N) is 1. The highest BCUT2D eigenvalue weighted by molar-refractivity contribution is 5.29. The lowest BCUT2D eigenvalue weighted by atomic mass is 9.93. The summed E-state index contributed by atoms with van der Waals surface area (Å²) in [5.74, 6) is 2.12. The second-order valence-electron chi connectivity index (χ2n) is 4.23. The van der Waals surface area contributed by atoms with Crippen molar-refractivity contribution in [1.82, 2.24) is 15.3 Å². The minimum absolute atomic E-state index is 0.589. The van der Waals surface area contributed by atoms with Gasteiger partial charge in [-0.15, -0.1) is 0 Å². The molecule has 0 amide bonds. The second kappa shape index (κ2) is 4.57. The standard InChI is InChI=1S/C11H18N4/c1-8-14-10(7-11(12)15-8)6-9-2-4-13-5-3-9/h7,9,13H,2-6H2,1H3,(H2,12,14,15). The summed E-state index contributed by atoms with van der Waals surface area (Å²) in [7, 11) is 0. The lowest BCUT2D eigenvalue weighted by Crippen LogP contribution is -2.28. The van der Waals surface area contributed by atoms with Crippen molar-refractivity contribution in [2.24, 2.45) is 5.92 Å². The second-order valence-corrected chi connectivity index (χ2v) is 4.23. The maximum absolute atomic E-state index is 5.70. The Hall–Kier alpha value is -1.16.